The average molecular weight is 289 g/mol. The Balaban J connectivity index is 1.73. The molecule has 118 valence electrons. The van der Waals surface area contributed by atoms with Crippen molar-refractivity contribution in [3.63, 3.8) is 0 Å². The minimum absolute atomic E-state index is 0.451. The Kier molecular flexibility index (Phi) is 5.83. The lowest BCUT2D eigenvalue weighted by Gasteiger charge is -2.36. The van der Waals surface area contributed by atoms with Crippen LogP contribution < -0.4 is 5.32 Å². The summed E-state index contributed by atoms with van der Waals surface area (Å²) >= 11 is 0. The molecular formula is C19H31NO. The molecule has 2 N–H and O–H groups in total. The van der Waals surface area contributed by atoms with Crippen LogP contribution in [0.1, 0.15) is 57.1 Å². The zero-order valence-electron chi connectivity index (χ0n) is 13.9. The molecular weight excluding hydrogens is 258 g/mol. The van der Waals surface area contributed by atoms with Gasteiger partial charge in [-0.3, -0.25) is 0 Å². The zero-order chi connectivity index (χ0) is 15.3. The van der Waals surface area contributed by atoms with E-state index in [0.717, 1.165) is 38.6 Å². The van der Waals surface area contributed by atoms with Gasteiger partial charge in [0.2, 0.25) is 0 Å². The van der Waals surface area contributed by atoms with Crippen LogP contribution in [0.3, 0.4) is 0 Å². The van der Waals surface area contributed by atoms with Gasteiger partial charge >= 0.3 is 0 Å². The lowest BCUT2D eigenvalue weighted by atomic mass is 9.79. The van der Waals surface area contributed by atoms with Crippen LogP contribution in [0.2, 0.25) is 0 Å². The van der Waals surface area contributed by atoms with Crippen LogP contribution in [0.25, 0.3) is 0 Å². The van der Waals surface area contributed by atoms with Crippen molar-refractivity contribution in [2.75, 3.05) is 6.54 Å². The quantitative estimate of drug-likeness (QED) is 0.834. The molecule has 0 bridgehead atoms. The van der Waals surface area contributed by atoms with Crippen molar-refractivity contribution in [3.8, 4) is 0 Å². The minimum atomic E-state index is -0.477. The van der Waals surface area contributed by atoms with Crippen molar-refractivity contribution in [1.82, 2.24) is 5.32 Å². The molecule has 3 atom stereocenters. The Morgan fingerprint density at radius 3 is 2.95 bits per heavy atom. The van der Waals surface area contributed by atoms with Gasteiger partial charge < -0.3 is 10.4 Å². The van der Waals surface area contributed by atoms with E-state index in [2.05, 4.69) is 50.4 Å². The van der Waals surface area contributed by atoms with Gasteiger partial charge in [-0.15, -0.1) is 0 Å². The zero-order valence-corrected chi connectivity index (χ0v) is 13.9. The molecule has 0 aliphatic heterocycles. The normalized spacial score (nSPS) is 27.5. The van der Waals surface area contributed by atoms with Crippen LogP contribution in [0.15, 0.2) is 24.3 Å². The molecule has 1 fully saturated rings. The second-order valence-electron chi connectivity index (χ2n) is 7.24. The summed E-state index contributed by atoms with van der Waals surface area (Å²) in [6, 6.07) is 9.20. The molecule has 1 aromatic carbocycles. The van der Waals surface area contributed by atoms with Crippen molar-refractivity contribution in [3.05, 3.63) is 35.4 Å². The van der Waals surface area contributed by atoms with Gasteiger partial charge in [-0.2, -0.15) is 0 Å². The molecule has 21 heavy (non-hydrogen) atoms. The summed E-state index contributed by atoms with van der Waals surface area (Å²) in [5.74, 6) is 0.660. The maximum Gasteiger partial charge on any atom is 0.0774 e. The summed E-state index contributed by atoms with van der Waals surface area (Å²) in [7, 11) is 0. The number of rotatable bonds is 6. The molecule has 1 aliphatic carbocycles. The first kappa shape index (κ1) is 16.5. The highest BCUT2D eigenvalue weighted by atomic mass is 16.3. The van der Waals surface area contributed by atoms with Gasteiger partial charge in [-0.1, -0.05) is 49.6 Å². The Bertz CT molecular complexity index is 445. The molecule has 0 heterocycles. The van der Waals surface area contributed by atoms with Gasteiger partial charge in [0.25, 0.3) is 0 Å². The largest absolute Gasteiger partial charge is 0.389 e. The molecule has 2 nitrogen and oxygen atoms in total. The first-order valence-electron chi connectivity index (χ1n) is 8.48. The maximum atomic E-state index is 10.6. The fraction of sp³-hybridized carbons (Fsp3) is 0.684. The molecule has 0 spiro atoms. The van der Waals surface area contributed by atoms with Gasteiger partial charge in [0.05, 0.1) is 5.60 Å². The lowest BCUT2D eigenvalue weighted by molar-refractivity contribution is -0.0135. The van der Waals surface area contributed by atoms with Crippen molar-refractivity contribution in [2.24, 2.45) is 5.92 Å². The number of aryl methyl sites for hydroxylation is 2. The molecule has 3 unspecified atom stereocenters. The van der Waals surface area contributed by atoms with Gasteiger partial charge in [0, 0.05) is 12.6 Å². The smallest absolute Gasteiger partial charge is 0.0774 e. The van der Waals surface area contributed by atoms with E-state index in [4.69, 9.17) is 0 Å². The van der Waals surface area contributed by atoms with E-state index in [1.54, 1.807) is 0 Å². The SMILES string of the molecule is Cc1cccc(CCC(C)NCC2(O)CCCC(C)C2)c1. The van der Waals surface area contributed by atoms with E-state index in [9.17, 15) is 5.11 Å². The highest BCUT2D eigenvalue weighted by molar-refractivity contribution is 5.22. The summed E-state index contributed by atoms with van der Waals surface area (Å²) in [4.78, 5) is 0. The molecule has 0 radical (unpaired) electrons. The van der Waals surface area contributed by atoms with Crippen LogP contribution in [-0.2, 0) is 6.42 Å². The molecule has 1 saturated carbocycles. The summed E-state index contributed by atoms with van der Waals surface area (Å²) in [5, 5.41) is 14.2. The lowest BCUT2D eigenvalue weighted by Crippen LogP contribution is -2.46. The van der Waals surface area contributed by atoms with Crippen LogP contribution in [0.5, 0.6) is 0 Å². The molecule has 1 aromatic rings. The van der Waals surface area contributed by atoms with E-state index in [0.29, 0.717) is 12.0 Å². The summed E-state index contributed by atoms with van der Waals surface area (Å²) < 4.78 is 0. The summed E-state index contributed by atoms with van der Waals surface area (Å²) in [6.45, 7) is 7.37. The molecule has 0 saturated heterocycles. The fourth-order valence-corrected chi connectivity index (χ4v) is 3.51. The topological polar surface area (TPSA) is 32.3 Å². The van der Waals surface area contributed by atoms with Crippen molar-refractivity contribution < 1.29 is 5.11 Å². The molecule has 0 amide bonds. The van der Waals surface area contributed by atoms with Crippen LogP contribution in [0, 0.1) is 12.8 Å². The van der Waals surface area contributed by atoms with E-state index < -0.39 is 5.60 Å². The Morgan fingerprint density at radius 2 is 2.24 bits per heavy atom. The highest BCUT2D eigenvalue weighted by Gasteiger charge is 2.32. The Morgan fingerprint density at radius 1 is 1.43 bits per heavy atom. The van der Waals surface area contributed by atoms with Crippen molar-refractivity contribution in [1.29, 1.82) is 0 Å². The molecule has 2 heteroatoms. The van der Waals surface area contributed by atoms with Gasteiger partial charge in [-0.05, 0) is 51.0 Å². The highest BCUT2D eigenvalue weighted by Crippen LogP contribution is 2.31. The Labute approximate surface area is 130 Å². The van der Waals surface area contributed by atoms with E-state index in [1.807, 2.05) is 0 Å². The van der Waals surface area contributed by atoms with Crippen LogP contribution >= 0.6 is 0 Å². The second kappa shape index (κ2) is 7.42. The number of hydrogen-bond donors (Lipinski definition) is 2. The third-order valence-corrected chi connectivity index (χ3v) is 4.80. The maximum absolute atomic E-state index is 10.6. The number of aliphatic hydroxyl groups is 1. The fourth-order valence-electron chi connectivity index (χ4n) is 3.51. The van der Waals surface area contributed by atoms with Crippen LogP contribution in [0.4, 0.5) is 0 Å². The third-order valence-electron chi connectivity index (χ3n) is 4.80. The monoisotopic (exact) mass is 289 g/mol. The molecule has 0 aromatic heterocycles. The van der Waals surface area contributed by atoms with Crippen molar-refractivity contribution >= 4 is 0 Å². The van der Waals surface area contributed by atoms with E-state index in [1.165, 1.54) is 17.5 Å². The minimum Gasteiger partial charge on any atom is -0.389 e. The number of hydrogen-bond acceptors (Lipinski definition) is 2. The first-order chi connectivity index (χ1) is 9.97. The average Bonchev–Trinajstić information content (AvgIpc) is 2.43. The Hall–Kier alpha value is -0.860. The second-order valence-corrected chi connectivity index (χ2v) is 7.24. The predicted octanol–water partition coefficient (Wildman–Crippen LogP) is 3.85. The van der Waals surface area contributed by atoms with Gasteiger partial charge in [0.15, 0.2) is 0 Å². The van der Waals surface area contributed by atoms with Gasteiger partial charge in [0.1, 0.15) is 0 Å². The van der Waals surface area contributed by atoms with Crippen molar-refractivity contribution in [2.45, 2.75) is 70.9 Å². The molecule has 1 aliphatic rings. The predicted molar refractivity (Wildman–Crippen MR) is 89.5 cm³/mol. The summed E-state index contributed by atoms with van der Waals surface area (Å²) in [6.07, 6.45) is 6.56. The molecule has 2 rings (SSSR count). The van der Waals surface area contributed by atoms with Crippen LogP contribution in [-0.4, -0.2) is 23.3 Å². The van der Waals surface area contributed by atoms with Gasteiger partial charge in [-0.25, -0.2) is 0 Å². The van der Waals surface area contributed by atoms with E-state index in [-0.39, 0.29) is 0 Å². The van der Waals surface area contributed by atoms with E-state index >= 15 is 0 Å². The third kappa shape index (κ3) is 5.44. The number of benzene rings is 1. The summed E-state index contributed by atoms with van der Waals surface area (Å²) in [5.41, 5.74) is 2.27. The standard InChI is InChI=1S/C19H31NO/c1-15-6-4-8-18(12-15)10-9-17(3)20-14-19(21)11-5-7-16(2)13-19/h4,6,8,12,16-17,20-21H,5,7,9-11,13-14H2,1-3H3. The number of nitrogens with one attached hydrogen (secondary N) is 1. The first-order valence-corrected chi connectivity index (χ1v) is 8.48.